The van der Waals surface area contributed by atoms with Crippen LogP contribution < -0.4 is 0 Å². The van der Waals surface area contributed by atoms with Gasteiger partial charge in [0.15, 0.2) is 0 Å². The first kappa shape index (κ1) is 14.0. The van der Waals surface area contributed by atoms with Gasteiger partial charge in [0.2, 0.25) is 0 Å². The molecule has 0 saturated carbocycles. The number of nitrogens with zero attached hydrogens (tertiary/aromatic N) is 1. The minimum Gasteiger partial charge on any atom is -0.443 e. The maximum absolute atomic E-state index is 12.2. The van der Waals surface area contributed by atoms with E-state index in [9.17, 15) is 4.79 Å². The summed E-state index contributed by atoms with van der Waals surface area (Å²) in [5.74, 6) is 0.318. The van der Waals surface area contributed by atoms with Gasteiger partial charge >= 0.3 is 6.09 Å². The average Bonchev–Trinajstić information content (AvgIpc) is 2.91. The quantitative estimate of drug-likeness (QED) is 0.803. The Balaban J connectivity index is 1.99. The second kappa shape index (κ2) is 6.19. The summed E-state index contributed by atoms with van der Waals surface area (Å²) >= 11 is 5.83. The van der Waals surface area contributed by atoms with Crippen molar-refractivity contribution in [2.45, 2.75) is 12.1 Å². The summed E-state index contributed by atoms with van der Waals surface area (Å²) in [6.07, 6.45) is -0.549. The summed E-state index contributed by atoms with van der Waals surface area (Å²) < 4.78 is 5.30. The highest BCUT2D eigenvalue weighted by molar-refractivity contribution is 6.18. The monoisotopic (exact) mass is 301 g/mol. The van der Waals surface area contributed by atoms with E-state index < -0.39 is 0 Å². The van der Waals surface area contributed by atoms with Gasteiger partial charge < -0.3 is 4.74 Å². The minimum absolute atomic E-state index is 0.145. The van der Waals surface area contributed by atoms with E-state index in [1.807, 2.05) is 60.7 Å². The molecule has 3 rings (SSSR count). The van der Waals surface area contributed by atoms with E-state index in [1.165, 1.54) is 0 Å². The zero-order chi connectivity index (χ0) is 14.7. The number of carbonyl (C=O) groups excluding carboxylic acids is 1. The van der Waals surface area contributed by atoms with Crippen LogP contribution in [0.4, 0.5) is 4.79 Å². The molecular formula is C17H16ClNO2. The van der Waals surface area contributed by atoms with Crippen LogP contribution in [0.25, 0.3) is 0 Å². The second-order valence-electron chi connectivity index (χ2n) is 5.04. The lowest BCUT2D eigenvalue weighted by Gasteiger charge is -2.26. The number of hydrogen-bond acceptors (Lipinski definition) is 2. The zero-order valence-corrected chi connectivity index (χ0v) is 12.2. The van der Waals surface area contributed by atoms with Crippen LogP contribution in [-0.2, 0) is 4.74 Å². The number of alkyl halides is 1. The second-order valence-corrected chi connectivity index (χ2v) is 5.34. The molecular weight excluding hydrogens is 286 g/mol. The van der Waals surface area contributed by atoms with E-state index in [0.717, 1.165) is 11.1 Å². The molecule has 1 atom stereocenters. The lowest BCUT2D eigenvalue weighted by Crippen LogP contribution is -2.31. The molecule has 0 spiro atoms. The van der Waals surface area contributed by atoms with Crippen molar-refractivity contribution in [3.63, 3.8) is 0 Å². The normalized spacial score (nSPS) is 18.1. The van der Waals surface area contributed by atoms with E-state index in [4.69, 9.17) is 16.3 Å². The van der Waals surface area contributed by atoms with Crippen molar-refractivity contribution < 1.29 is 9.53 Å². The Bertz CT molecular complexity index is 563. The van der Waals surface area contributed by atoms with Crippen LogP contribution in [-0.4, -0.2) is 29.5 Å². The molecule has 1 heterocycles. The first-order chi connectivity index (χ1) is 10.3. The van der Waals surface area contributed by atoms with E-state index in [0.29, 0.717) is 12.4 Å². The Hall–Kier alpha value is -2.00. The van der Waals surface area contributed by atoms with Gasteiger partial charge in [0.05, 0.1) is 18.5 Å². The number of cyclic esters (lactones) is 1. The highest BCUT2D eigenvalue weighted by Crippen LogP contribution is 2.32. The van der Waals surface area contributed by atoms with Gasteiger partial charge in [-0.05, 0) is 11.1 Å². The van der Waals surface area contributed by atoms with E-state index in [2.05, 4.69) is 0 Å². The van der Waals surface area contributed by atoms with Crippen LogP contribution in [0.5, 0.6) is 0 Å². The van der Waals surface area contributed by atoms with Crippen molar-refractivity contribution in [3.05, 3.63) is 71.8 Å². The van der Waals surface area contributed by atoms with Gasteiger partial charge in [0.25, 0.3) is 0 Å². The van der Waals surface area contributed by atoms with Crippen molar-refractivity contribution in [1.29, 1.82) is 0 Å². The highest BCUT2D eigenvalue weighted by Gasteiger charge is 2.36. The number of rotatable bonds is 4. The third-order valence-corrected chi connectivity index (χ3v) is 3.96. The summed E-state index contributed by atoms with van der Waals surface area (Å²) in [7, 11) is 0. The number of amides is 1. The molecule has 0 bridgehead atoms. The molecule has 0 N–H and O–H groups in total. The third kappa shape index (κ3) is 2.88. The Morgan fingerprint density at radius 2 is 1.57 bits per heavy atom. The molecule has 1 saturated heterocycles. The first-order valence-corrected chi connectivity index (χ1v) is 7.46. The van der Waals surface area contributed by atoms with Crippen LogP contribution in [0.1, 0.15) is 17.2 Å². The van der Waals surface area contributed by atoms with E-state index >= 15 is 0 Å². The molecule has 1 aliphatic heterocycles. The predicted octanol–water partition coefficient (Wildman–Crippen LogP) is 3.84. The van der Waals surface area contributed by atoms with Gasteiger partial charge in [0.1, 0.15) is 6.10 Å². The molecule has 3 nitrogen and oxygen atoms in total. The van der Waals surface area contributed by atoms with Crippen molar-refractivity contribution >= 4 is 17.7 Å². The zero-order valence-electron chi connectivity index (χ0n) is 11.5. The first-order valence-electron chi connectivity index (χ1n) is 6.92. The number of carbonyl (C=O) groups is 1. The molecule has 1 fully saturated rings. The number of halogens is 1. The molecule has 108 valence electrons. The van der Waals surface area contributed by atoms with Crippen LogP contribution in [0.15, 0.2) is 60.7 Å². The number of ether oxygens (including phenoxy) is 1. The van der Waals surface area contributed by atoms with Crippen LogP contribution in [0.2, 0.25) is 0 Å². The van der Waals surface area contributed by atoms with Crippen LogP contribution in [0.3, 0.4) is 0 Å². The molecule has 0 radical (unpaired) electrons. The van der Waals surface area contributed by atoms with Crippen molar-refractivity contribution in [3.8, 4) is 0 Å². The van der Waals surface area contributed by atoms with Gasteiger partial charge in [-0.25, -0.2) is 4.79 Å². The van der Waals surface area contributed by atoms with Gasteiger partial charge in [-0.1, -0.05) is 60.7 Å². The maximum Gasteiger partial charge on any atom is 0.411 e. The lowest BCUT2D eigenvalue weighted by atomic mass is 9.97. The average molecular weight is 302 g/mol. The standard InChI is InChI=1S/C17H16ClNO2/c18-11-15-12-19(17(20)21-15)16(13-7-3-1-4-8-13)14-9-5-2-6-10-14/h1-10,15-16H,11-12H2/t15-/m1/s1. The van der Waals surface area contributed by atoms with Crippen molar-refractivity contribution in [2.75, 3.05) is 12.4 Å². The molecule has 4 heteroatoms. The lowest BCUT2D eigenvalue weighted by molar-refractivity contribution is 0.136. The summed E-state index contributed by atoms with van der Waals surface area (Å²) in [5, 5.41) is 0. The molecule has 21 heavy (non-hydrogen) atoms. The Labute approximate surface area is 129 Å². The largest absolute Gasteiger partial charge is 0.443 e. The number of benzene rings is 2. The van der Waals surface area contributed by atoms with Gasteiger partial charge in [-0.2, -0.15) is 0 Å². The SMILES string of the molecule is O=C1O[C@H](CCl)CN1C(c1ccccc1)c1ccccc1. The molecule has 1 aliphatic rings. The fourth-order valence-electron chi connectivity index (χ4n) is 2.66. The van der Waals surface area contributed by atoms with Crippen molar-refractivity contribution in [2.24, 2.45) is 0 Å². The molecule has 0 aromatic heterocycles. The van der Waals surface area contributed by atoms with Crippen LogP contribution in [0, 0.1) is 0 Å². The molecule has 0 unspecified atom stereocenters. The third-order valence-electron chi connectivity index (χ3n) is 3.62. The van der Waals surface area contributed by atoms with Gasteiger partial charge in [0, 0.05) is 0 Å². The molecule has 0 aliphatic carbocycles. The van der Waals surface area contributed by atoms with E-state index in [1.54, 1.807) is 4.90 Å². The van der Waals surface area contributed by atoms with Crippen molar-refractivity contribution in [1.82, 2.24) is 4.90 Å². The predicted molar refractivity (Wildman–Crippen MR) is 82.4 cm³/mol. The van der Waals surface area contributed by atoms with Gasteiger partial charge in [-0.3, -0.25) is 4.90 Å². The maximum atomic E-state index is 12.2. The summed E-state index contributed by atoms with van der Waals surface area (Å²) in [6.45, 7) is 0.511. The Morgan fingerprint density at radius 1 is 1.05 bits per heavy atom. The van der Waals surface area contributed by atoms with Gasteiger partial charge in [-0.15, -0.1) is 11.6 Å². The van der Waals surface area contributed by atoms with Crippen LogP contribution >= 0.6 is 11.6 Å². The molecule has 2 aromatic rings. The number of hydrogen-bond donors (Lipinski definition) is 0. The molecule has 1 amide bonds. The highest BCUT2D eigenvalue weighted by atomic mass is 35.5. The summed E-state index contributed by atoms with van der Waals surface area (Å²) in [5.41, 5.74) is 2.13. The summed E-state index contributed by atoms with van der Waals surface area (Å²) in [4.78, 5) is 13.9. The smallest absolute Gasteiger partial charge is 0.411 e. The fourth-order valence-corrected chi connectivity index (χ4v) is 2.82. The minimum atomic E-state index is -0.307. The fraction of sp³-hybridized carbons (Fsp3) is 0.235. The Kier molecular flexibility index (Phi) is 4.11. The van der Waals surface area contributed by atoms with E-state index in [-0.39, 0.29) is 18.2 Å². The topological polar surface area (TPSA) is 29.5 Å². The molecule has 2 aromatic carbocycles. The summed E-state index contributed by atoms with van der Waals surface area (Å²) in [6, 6.07) is 19.8. The Morgan fingerprint density at radius 3 is 2.00 bits per heavy atom.